The molecule has 4 rings (SSSR count). The second-order valence-electron chi connectivity index (χ2n) is 6.89. The van der Waals surface area contributed by atoms with Crippen LogP contribution in [-0.2, 0) is 0 Å². The van der Waals surface area contributed by atoms with Crippen molar-refractivity contribution in [2.75, 3.05) is 45.3 Å². The Kier molecular flexibility index (Phi) is 5.51. The maximum Gasteiger partial charge on any atom is 0.254 e. The lowest BCUT2D eigenvalue weighted by atomic mass is 10.1. The van der Waals surface area contributed by atoms with Crippen molar-refractivity contribution in [1.82, 2.24) is 20.0 Å². The lowest BCUT2D eigenvalue weighted by molar-refractivity contribution is 0.0746. The predicted molar refractivity (Wildman–Crippen MR) is 110 cm³/mol. The van der Waals surface area contributed by atoms with Crippen LogP contribution in [0.25, 0.3) is 11.4 Å². The molecule has 3 heterocycles. The van der Waals surface area contributed by atoms with Crippen LogP contribution in [0.2, 0.25) is 0 Å². The predicted octanol–water partition coefficient (Wildman–Crippen LogP) is 2.42. The van der Waals surface area contributed by atoms with E-state index in [-0.39, 0.29) is 5.91 Å². The van der Waals surface area contributed by atoms with Crippen molar-refractivity contribution in [1.29, 1.82) is 0 Å². The van der Waals surface area contributed by atoms with Crippen LogP contribution in [0.5, 0.6) is 11.5 Å². The molecule has 1 fully saturated rings. The lowest BCUT2D eigenvalue weighted by Gasteiger charge is -2.35. The minimum absolute atomic E-state index is 0.0219. The number of methoxy groups -OCH3 is 2. The van der Waals surface area contributed by atoms with E-state index < -0.39 is 0 Å². The molecule has 0 N–H and O–H groups in total. The number of anilines is 1. The van der Waals surface area contributed by atoms with Crippen molar-refractivity contribution < 1.29 is 18.8 Å². The summed E-state index contributed by atoms with van der Waals surface area (Å²) in [6.07, 6.45) is 1.74. The Morgan fingerprint density at radius 1 is 1.03 bits per heavy atom. The van der Waals surface area contributed by atoms with Gasteiger partial charge in [-0.3, -0.25) is 4.79 Å². The van der Waals surface area contributed by atoms with Crippen LogP contribution in [0.15, 0.2) is 41.1 Å². The second-order valence-corrected chi connectivity index (χ2v) is 6.89. The third kappa shape index (κ3) is 3.91. The second kappa shape index (κ2) is 8.40. The number of carbonyl (C=O) groups excluding carboxylic acids is 1. The number of rotatable bonds is 5. The first kappa shape index (κ1) is 19.7. The van der Waals surface area contributed by atoms with E-state index in [1.807, 2.05) is 17.0 Å². The normalized spacial score (nSPS) is 14.0. The SMILES string of the molecule is COc1ccc(C(=O)N2CCN(c3ccc(-c4noc(C)n4)cn3)CC2)cc1OC. The van der Waals surface area contributed by atoms with Gasteiger partial charge in [-0.15, -0.1) is 0 Å². The highest BCUT2D eigenvalue weighted by atomic mass is 16.5. The van der Waals surface area contributed by atoms with E-state index in [9.17, 15) is 4.79 Å². The molecule has 0 saturated carbocycles. The summed E-state index contributed by atoms with van der Waals surface area (Å²) in [5, 5.41) is 3.91. The van der Waals surface area contributed by atoms with Crippen molar-refractivity contribution in [3.05, 3.63) is 48.0 Å². The summed E-state index contributed by atoms with van der Waals surface area (Å²) in [5.74, 6) is 3.03. The number of aromatic nitrogens is 3. The van der Waals surface area contributed by atoms with Gasteiger partial charge < -0.3 is 23.8 Å². The van der Waals surface area contributed by atoms with Gasteiger partial charge in [0.1, 0.15) is 5.82 Å². The van der Waals surface area contributed by atoms with Gasteiger partial charge in [0.15, 0.2) is 11.5 Å². The molecule has 0 bridgehead atoms. The molecule has 156 valence electrons. The quantitative estimate of drug-likeness (QED) is 0.634. The summed E-state index contributed by atoms with van der Waals surface area (Å²) in [5.41, 5.74) is 1.39. The van der Waals surface area contributed by atoms with Crippen LogP contribution in [-0.4, -0.2) is 66.3 Å². The van der Waals surface area contributed by atoms with Gasteiger partial charge in [-0.1, -0.05) is 5.16 Å². The molecule has 0 aliphatic carbocycles. The highest BCUT2D eigenvalue weighted by Gasteiger charge is 2.24. The van der Waals surface area contributed by atoms with Gasteiger partial charge in [0.25, 0.3) is 5.91 Å². The molecule has 9 nitrogen and oxygen atoms in total. The highest BCUT2D eigenvalue weighted by Crippen LogP contribution is 2.28. The zero-order valence-electron chi connectivity index (χ0n) is 17.2. The van der Waals surface area contributed by atoms with Crippen LogP contribution in [0.3, 0.4) is 0 Å². The molecule has 1 aromatic carbocycles. The minimum Gasteiger partial charge on any atom is -0.493 e. The van der Waals surface area contributed by atoms with Gasteiger partial charge in [-0.25, -0.2) is 4.98 Å². The number of ether oxygens (including phenoxy) is 2. The molecule has 3 aromatic rings. The summed E-state index contributed by atoms with van der Waals surface area (Å²) >= 11 is 0. The first-order chi connectivity index (χ1) is 14.6. The Balaban J connectivity index is 1.39. The Bertz CT molecular complexity index is 1030. The Morgan fingerprint density at radius 3 is 2.40 bits per heavy atom. The van der Waals surface area contributed by atoms with Crippen LogP contribution < -0.4 is 14.4 Å². The van der Waals surface area contributed by atoms with E-state index >= 15 is 0 Å². The Morgan fingerprint density at radius 2 is 1.80 bits per heavy atom. The Labute approximate surface area is 174 Å². The van der Waals surface area contributed by atoms with Gasteiger partial charge in [-0.2, -0.15) is 4.98 Å². The minimum atomic E-state index is -0.0219. The zero-order valence-corrected chi connectivity index (χ0v) is 17.2. The molecule has 0 radical (unpaired) electrons. The van der Waals surface area contributed by atoms with Crippen molar-refractivity contribution in [2.45, 2.75) is 6.92 Å². The van der Waals surface area contributed by atoms with E-state index in [1.54, 1.807) is 45.5 Å². The molecule has 0 unspecified atom stereocenters. The number of pyridine rings is 1. The standard InChI is InChI=1S/C21H23N5O4/c1-14-23-20(24-30-14)16-5-7-19(22-13-16)25-8-10-26(11-9-25)21(27)15-4-6-17(28-2)18(12-15)29-3/h4-7,12-13H,8-11H2,1-3H3. The van der Waals surface area contributed by atoms with E-state index in [0.29, 0.717) is 55.0 Å². The summed E-state index contributed by atoms with van der Waals surface area (Å²) in [6, 6.07) is 9.09. The topological polar surface area (TPSA) is 93.8 Å². The van der Waals surface area contributed by atoms with E-state index in [2.05, 4.69) is 20.0 Å². The fraction of sp³-hybridized carbons (Fsp3) is 0.333. The van der Waals surface area contributed by atoms with E-state index in [0.717, 1.165) is 11.4 Å². The lowest BCUT2D eigenvalue weighted by Crippen LogP contribution is -2.49. The molecule has 1 saturated heterocycles. The van der Waals surface area contributed by atoms with Crippen molar-refractivity contribution in [3.8, 4) is 22.9 Å². The van der Waals surface area contributed by atoms with Crippen molar-refractivity contribution >= 4 is 11.7 Å². The number of benzene rings is 1. The maximum atomic E-state index is 12.9. The highest BCUT2D eigenvalue weighted by molar-refractivity contribution is 5.95. The number of aryl methyl sites for hydroxylation is 1. The first-order valence-electron chi connectivity index (χ1n) is 9.62. The third-order valence-electron chi connectivity index (χ3n) is 5.06. The molecule has 0 atom stereocenters. The van der Waals surface area contributed by atoms with Gasteiger partial charge in [0.2, 0.25) is 11.7 Å². The van der Waals surface area contributed by atoms with Gasteiger partial charge in [0.05, 0.1) is 14.2 Å². The number of carbonyl (C=O) groups is 1. The van der Waals surface area contributed by atoms with Crippen LogP contribution >= 0.6 is 0 Å². The molecule has 9 heteroatoms. The van der Waals surface area contributed by atoms with Gasteiger partial charge >= 0.3 is 0 Å². The monoisotopic (exact) mass is 409 g/mol. The summed E-state index contributed by atoms with van der Waals surface area (Å²) in [7, 11) is 3.13. The average molecular weight is 409 g/mol. The first-order valence-corrected chi connectivity index (χ1v) is 9.62. The Hall–Kier alpha value is -3.62. The number of piperazine rings is 1. The molecular weight excluding hydrogens is 386 g/mol. The third-order valence-corrected chi connectivity index (χ3v) is 5.06. The van der Waals surface area contributed by atoms with Crippen LogP contribution in [0.4, 0.5) is 5.82 Å². The molecule has 1 amide bonds. The van der Waals surface area contributed by atoms with Gasteiger partial charge in [0, 0.05) is 50.4 Å². The number of nitrogens with zero attached hydrogens (tertiary/aromatic N) is 5. The molecule has 2 aromatic heterocycles. The number of hydrogen-bond donors (Lipinski definition) is 0. The fourth-order valence-corrected chi connectivity index (χ4v) is 3.41. The summed E-state index contributed by atoms with van der Waals surface area (Å²) < 4.78 is 15.6. The van der Waals surface area contributed by atoms with E-state index in [1.165, 1.54) is 0 Å². The molecule has 0 spiro atoms. The van der Waals surface area contributed by atoms with E-state index in [4.69, 9.17) is 14.0 Å². The summed E-state index contributed by atoms with van der Waals surface area (Å²) in [4.78, 5) is 25.6. The molecule has 1 aliphatic heterocycles. The van der Waals surface area contributed by atoms with Crippen LogP contribution in [0.1, 0.15) is 16.2 Å². The average Bonchev–Trinajstić information content (AvgIpc) is 3.24. The summed E-state index contributed by atoms with van der Waals surface area (Å²) in [6.45, 7) is 4.38. The van der Waals surface area contributed by atoms with Crippen LogP contribution in [0, 0.1) is 6.92 Å². The van der Waals surface area contributed by atoms with Gasteiger partial charge in [-0.05, 0) is 30.3 Å². The number of amides is 1. The molecule has 30 heavy (non-hydrogen) atoms. The molecule has 1 aliphatic rings. The largest absolute Gasteiger partial charge is 0.493 e. The molecular formula is C21H23N5O4. The number of hydrogen-bond acceptors (Lipinski definition) is 8. The smallest absolute Gasteiger partial charge is 0.254 e. The van der Waals surface area contributed by atoms with Crippen molar-refractivity contribution in [2.24, 2.45) is 0 Å². The van der Waals surface area contributed by atoms with Crippen molar-refractivity contribution in [3.63, 3.8) is 0 Å². The zero-order chi connectivity index (χ0) is 21.1. The maximum absolute atomic E-state index is 12.9. The fourth-order valence-electron chi connectivity index (χ4n) is 3.41.